The Balaban J connectivity index is 0.00000121. The molecule has 7 heteroatoms. The summed E-state index contributed by atoms with van der Waals surface area (Å²) >= 11 is 1.73. The van der Waals surface area contributed by atoms with Gasteiger partial charge in [-0.2, -0.15) is 0 Å². The van der Waals surface area contributed by atoms with Gasteiger partial charge < -0.3 is 10.6 Å². The Morgan fingerprint density at radius 3 is 2.64 bits per heavy atom. The molecule has 0 aliphatic carbocycles. The third kappa shape index (κ3) is 3.91. The molecule has 0 unspecified atom stereocenters. The quantitative estimate of drug-likeness (QED) is 0.562. The second kappa shape index (κ2) is 8.36. The highest BCUT2D eigenvalue weighted by Gasteiger charge is 2.14. The lowest BCUT2D eigenvalue weighted by Gasteiger charge is -2.03. The van der Waals surface area contributed by atoms with Crippen LogP contribution in [0.4, 0.5) is 5.00 Å². The van der Waals surface area contributed by atoms with Gasteiger partial charge in [-0.05, 0) is 19.3 Å². The Morgan fingerprint density at radius 1 is 1.23 bits per heavy atom. The standard InChI is InChI=1S/C15H18N4S.2ClH/c1-17-13(16)10-5-7-11(8-6-10)14-19-12-4-2-3-9-18-15(12)20-14;;/h5-8,18H,2-4,9H2,1H3,(H2,16,17);2*1H. The molecule has 1 aliphatic heterocycles. The van der Waals surface area contributed by atoms with Gasteiger partial charge in [0.25, 0.3) is 0 Å². The van der Waals surface area contributed by atoms with Crippen LogP contribution < -0.4 is 10.6 Å². The Kier molecular flexibility index (Phi) is 7.13. The van der Waals surface area contributed by atoms with Crippen molar-refractivity contribution in [3.8, 4) is 10.6 Å². The number of hydrogen-bond acceptors (Lipinski definition) is 4. The predicted molar refractivity (Wildman–Crippen MR) is 99.4 cm³/mol. The first-order valence-electron chi connectivity index (χ1n) is 6.88. The summed E-state index contributed by atoms with van der Waals surface area (Å²) in [5, 5.41) is 16.4. The minimum atomic E-state index is 0. The summed E-state index contributed by atoms with van der Waals surface area (Å²) in [6, 6.07) is 8.02. The number of rotatable bonds is 2. The van der Waals surface area contributed by atoms with Gasteiger partial charge in [0.2, 0.25) is 0 Å². The molecule has 0 amide bonds. The number of benzene rings is 1. The van der Waals surface area contributed by atoms with E-state index in [1.807, 2.05) is 24.3 Å². The van der Waals surface area contributed by atoms with Crippen LogP contribution >= 0.6 is 36.2 Å². The smallest absolute Gasteiger partial charge is 0.125 e. The van der Waals surface area contributed by atoms with Crippen molar-refractivity contribution in [2.24, 2.45) is 0 Å². The number of halogens is 2. The van der Waals surface area contributed by atoms with Gasteiger partial charge in [0, 0.05) is 24.7 Å². The lowest BCUT2D eigenvalue weighted by atomic mass is 10.1. The van der Waals surface area contributed by atoms with E-state index >= 15 is 0 Å². The molecule has 0 bridgehead atoms. The molecule has 1 aliphatic rings. The lowest BCUT2D eigenvalue weighted by molar-refractivity contribution is 0.775. The molecule has 3 rings (SSSR count). The van der Waals surface area contributed by atoms with Gasteiger partial charge in [-0.3, -0.25) is 5.41 Å². The first kappa shape index (κ1) is 18.7. The zero-order valence-electron chi connectivity index (χ0n) is 12.3. The molecule has 0 spiro atoms. The summed E-state index contributed by atoms with van der Waals surface area (Å²) in [5.41, 5.74) is 3.22. The number of nitrogens with one attached hydrogen (secondary N) is 3. The first-order chi connectivity index (χ1) is 9.78. The van der Waals surface area contributed by atoms with E-state index < -0.39 is 0 Å². The number of aromatic nitrogens is 1. The van der Waals surface area contributed by atoms with E-state index in [1.165, 1.54) is 23.5 Å². The van der Waals surface area contributed by atoms with Gasteiger partial charge in [-0.1, -0.05) is 35.6 Å². The van der Waals surface area contributed by atoms with Gasteiger partial charge in [-0.15, -0.1) is 24.8 Å². The fourth-order valence-corrected chi connectivity index (χ4v) is 3.37. The van der Waals surface area contributed by atoms with Crippen molar-refractivity contribution in [3.05, 3.63) is 35.5 Å². The molecule has 0 fully saturated rings. The number of aryl methyl sites for hydroxylation is 1. The summed E-state index contributed by atoms with van der Waals surface area (Å²) in [7, 11) is 1.76. The predicted octanol–water partition coefficient (Wildman–Crippen LogP) is 3.95. The van der Waals surface area contributed by atoms with Crippen LogP contribution in [0.1, 0.15) is 24.1 Å². The Hall–Kier alpha value is -1.30. The van der Waals surface area contributed by atoms with E-state index in [-0.39, 0.29) is 24.8 Å². The van der Waals surface area contributed by atoms with Crippen molar-refractivity contribution in [1.82, 2.24) is 10.3 Å². The molecular weight excluding hydrogens is 339 g/mol. The second-order valence-corrected chi connectivity index (χ2v) is 5.88. The van der Waals surface area contributed by atoms with E-state index in [4.69, 9.17) is 10.4 Å². The monoisotopic (exact) mass is 358 g/mol. The van der Waals surface area contributed by atoms with Crippen LogP contribution in [0.5, 0.6) is 0 Å². The molecule has 3 N–H and O–H groups in total. The van der Waals surface area contributed by atoms with Gasteiger partial charge in [0.05, 0.1) is 5.69 Å². The van der Waals surface area contributed by atoms with Crippen molar-refractivity contribution in [2.75, 3.05) is 18.9 Å². The number of nitrogens with zero attached hydrogens (tertiary/aromatic N) is 1. The van der Waals surface area contributed by atoms with Gasteiger partial charge in [0.1, 0.15) is 15.8 Å². The Bertz CT molecular complexity index is 601. The fraction of sp³-hybridized carbons (Fsp3) is 0.333. The van der Waals surface area contributed by atoms with Crippen molar-refractivity contribution in [3.63, 3.8) is 0 Å². The summed E-state index contributed by atoms with van der Waals surface area (Å²) in [5.74, 6) is 0.438. The summed E-state index contributed by atoms with van der Waals surface area (Å²) in [4.78, 5) is 4.76. The van der Waals surface area contributed by atoms with Crippen LogP contribution in [0.2, 0.25) is 0 Å². The second-order valence-electron chi connectivity index (χ2n) is 4.88. The molecule has 4 nitrogen and oxygen atoms in total. The number of fused-ring (bicyclic) bond motifs is 1. The molecule has 120 valence electrons. The van der Waals surface area contributed by atoms with Crippen LogP contribution in [0.15, 0.2) is 24.3 Å². The number of anilines is 1. The SMILES string of the molecule is CNC(=N)c1ccc(-c2nc3c(s2)NCCCC3)cc1.Cl.Cl. The van der Waals surface area contributed by atoms with E-state index in [0.29, 0.717) is 5.84 Å². The van der Waals surface area contributed by atoms with Crippen LogP contribution in [0.25, 0.3) is 10.6 Å². The van der Waals surface area contributed by atoms with Crippen molar-refractivity contribution in [2.45, 2.75) is 19.3 Å². The molecule has 1 aromatic heterocycles. The maximum atomic E-state index is 7.75. The third-order valence-corrected chi connectivity index (χ3v) is 4.60. The highest BCUT2D eigenvalue weighted by molar-refractivity contribution is 7.19. The number of thiazole rings is 1. The molecule has 0 saturated heterocycles. The number of amidine groups is 1. The molecule has 1 aromatic carbocycles. The zero-order chi connectivity index (χ0) is 13.9. The van der Waals surface area contributed by atoms with Gasteiger partial charge in [0.15, 0.2) is 0 Å². The average Bonchev–Trinajstić information content (AvgIpc) is 2.77. The van der Waals surface area contributed by atoms with E-state index in [9.17, 15) is 0 Å². The normalized spacial score (nSPS) is 12.8. The zero-order valence-corrected chi connectivity index (χ0v) is 14.8. The van der Waals surface area contributed by atoms with E-state index in [2.05, 4.69) is 10.6 Å². The molecule has 0 atom stereocenters. The molecule has 2 aromatic rings. The van der Waals surface area contributed by atoms with Crippen molar-refractivity contribution < 1.29 is 0 Å². The van der Waals surface area contributed by atoms with Crippen molar-refractivity contribution in [1.29, 1.82) is 5.41 Å². The largest absolute Gasteiger partial charge is 0.375 e. The third-order valence-electron chi connectivity index (χ3n) is 3.49. The van der Waals surface area contributed by atoms with E-state index in [1.54, 1.807) is 18.4 Å². The van der Waals surface area contributed by atoms with Crippen molar-refractivity contribution >= 4 is 47.0 Å². The average molecular weight is 359 g/mol. The van der Waals surface area contributed by atoms with Crippen LogP contribution in [-0.4, -0.2) is 24.4 Å². The Labute approximate surface area is 147 Å². The summed E-state index contributed by atoms with van der Waals surface area (Å²) in [6.45, 7) is 1.05. The van der Waals surface area contributed by atoms with Gasteiger partial charge >= 0.3 is 0 Å². The summed E-state index contributed by atoms with van der Waals surface area (Å²) in [6.07, 6.45) is 3.50. The summed E-state index contributed by atoms with van der Waals surface area (Å²) < 4.78 is 0. The minimum Gasteiger partial charge on any atom is -0.375 e. The van der Waals surface area contributed by atoms with Gasteiger partial charge in [-0.25, -0.2) is 4.98 Å². The topological polar surface area (TPSA) is 60.8 Å². The van der Waals surface area contributed by atoms with E-state index in [0.717, 1.165) is 29.1 Å². The molecule has 2 heterocycles. The molecule has 0 radical (unpaired) electrons. The fourth-order valence-electron chi connectivity index (χ4n) is 2.33. The molecule has 0 saturated carbocycles. The highest BCUT2D eigenvalue weighted by Crippen LogP contribution is 2.34. The lowest BCUT2D eigenvalue weighted by Crippen LogP contribution is -2.17. The van der Waals surface area contributed by atoms with Crippen LogP contribution in [-0.2, 0) is 6.42 Å². The maximum Gasteiger partial charge on any atom is 0.125 e. The maximum absolute atomic E-state index is 7.75. The van der Waals surface area contributed by atoms with Crippen LogP contribution in [0, 0.1) is 5.41 Å². The molecular formula is C15H20Cl2N4S. The highest BCUT2D eigenvalue weighted by atomic mass is 35.5. The first-order valence-corrected chi connectivity index (χ1v) is 7.70. The van der Waals surface area contributed by atoms with Crippen LogP contribution in [0.3, 0.4) is 0 Å². The molecule has 22 heavy (non-hydrogen) atoms. The minimum absolute atomic E-state index is 0. The number of hydrogen-bond donors (Lipinski definition) is 3. The Morgan fingerprint density at radius 2 is 1.95 bits per heavy atom.